The molecule has 4 heteroatoms. The fraction of sp³-hybridized carbons (Fsp3) is 0.167. The van der Waals surface area contributed by atoms with E-state index in [4.69, 9.17) is 0 Å². The molecule has 3 heterocycles. The van der Waals surface area contributed by atoms with Gasteiger partial charge in [0.1, 0.15) is 5.65 Å². The number of fused-ring (bicyclic) bond motifs is 1. The largest absolute Gasteiger partial charge is 0.306 e. The van der Waals surface area contributed by atoms with Gasteiger partial charge in [-0.15, -0.1) is 11.3 Å². The van der Waals surface area contributed by atoms with E-state index in [0.29, 0.717) is 0 Å². The van der Waals surface area contributed by atoms with Crippen molar-refractivity contribution >= 4 is 17.0 Å². The molecule has 3 aromatic rings. The first-order chi connectivity index (χ1) is 7.74. The van der Waals surface area contributed by atoms with E-state index in [1.165, 1.54) is 10.4 Å². The molecule has 0 saturated carbocycles. The second kappa shape index (κ2) is 3.42. The lowest BCUT2D eigenvalue weighted by molar-refractivity contribution is 1.18. The Bertz CT molecular complexity index is 651. The van der Waals surface area contributed by atoms with Crippen molar-refractivity contribution in [3.05, 3.63) is 41.4 Å². The third-order valence-corrected chi connectivity index (χ3v) is 3.68. The second-order valence-corrected chi connectivity index (χ2v) is 4.96. The zero-order valence-corrected chi connectivity index (χ0v) is 9.95. The third kappa shape index (κ3) is 1.42. The lowest BCUT2D eigenvalue weighted by atomic mass is 10.2. The summed E-state index contributed by atoms with van der Waals surface area (Å²) < 4.78 is 2.03. The Labute approximate surface area is 97.4 Å². The summed E-state index contributed by atoms with van der Waals surface area (Å²) >= 11 is 1.73. The number of aromatic nitrogens is 3. The summed E-state index contributed by atoms with van der Waals surface area (Å²) in [5.41, 5.74) is 3.28. The summed E-state index contributed by atoms with van der Waals surface area (Å²) in [6.45, 7) is 4.09. The summed E-state index contributed by atoms with van der Waals surface area (Å²) in [4.78, 5) is 9.92. The lowest BCUT2D eigenvalue weighted by Crippen LogP contribution is -1.85. The maximum Gasteiger partial charge on any atom is 0.136 e. The second-order valence-electron chi connectivity index (χ2n) is 3.76. The molecule has 0 amide bonds. The molecule has 3 aromatic heterocycles. The molecule has 0 bridgehead atoms. The van der Waals surface area contributed by atoms with Crippen LogP contribution < -0.4 is 0 Å². The van der Waals surface area contributed by atoms with E-state index >= 15 is 0 Å². The van der Waals surface area contributed by atoms with Gasteiger partial charge in [-0.2, -0.15) is 0 Å². The number of nitrogens with zero attached hydrogens (tertiary/aromatic N) is 3. The molecule has 16 heavy (non-hydrogen) atoms. The highest BCUT2D eigenvalue weighted by Crippen LogP contribution is 2.29. The van der Waals surface area contributed by atoms with Gasteiger partial charge < -0.3 is 4.40 Å². The molecule has 0 fully saturated rings. The van der Waals surface area contributed by atoms with Crippen molar-refractivity contribution < 1.29 is 0 Å². The zero-order valence-electron chi connectivity index (χ0n) is 9.14. The minimum absolute atomic E-state index is 0.975. The topological polar surface area (TPSA) is 30.2 Å². The molecular weight excluding hydrogens is 218 g/mol. The zero-order chi connectivity index (χ0) is 11.1. The smallest absolute Gasteiger partial charge is 0.136 e. The van der Waals surface area contributed by atoms with Crippen molar-refractivity contribution in [1.82, 2.24) is 14.4 Å². The summed E-state index contributed by atoms with van der Waals surface area (Å²) in [7, 11) is 0. The summed E-state index contributed by atoms with van der Waals surface area (Å²) in [5.74, 6) is 0. The highest BCUT2D eigenvalue weighted by atomic mass is 32.1. The first-order valence-corrected chi connectivity index (χ1v) is 5.93. The Hall–Kier alpha value is -1.68. The maximum absolute atomic E-state index is 4.45. The molecule has 0 saturated heterocycles. The Morgan fingerprint density at radius 1 is 1.25 bits per heavy atom. The molecule has 3 nitrogen and oxygen atoms in total. The van der Waals surface area contributed by atoms with Crippen molar-refractivity contribution in [1.29, 1.82) is 0 Å². The van der Waals surface area contributed by atoms with Crippen molar-refractivity contribution in [2.24, 2.45) is 0 Å². The first kappa shape index (κ1) is 9.54. The number of hydrogen-bond donors (Lipinski definition) is 0. The van der Waals surface area contributed by atoms with Crippen LogP contribution >= 0.6 is 11.3 Å². The van der Waals surface area contributed by atoms with E-state index in [1.54, 1.807) is 11.3 Å². The molecule has 0 unspecified atom stereocenters. The van der Waals surface area contributed by atoms with Gasteiger partial charge in [0.25, 0.3) is 0 Å². The minimum Gasteiger partial charge on any atom is -0.306 e. The summed E-state index contributed by atoms with van der Waals surface area (Å²) in [6, 6.07) is 4.13. The lowest BCUT2D eigenvalue weighted by Gasteiger charge is -2.00. The maximum atomic E-state index is 4.45. The van der Waals surface area contributed by atoms with Crippen LogP contribution in [0, 0.1) is 13.8 Å². The van der Waals surface area contributed by atoms with Crippen LogP contribution in [0.3, 0.4) is 0 Å². The monoisotopic (exact) mass is 229 g/mol. The van der Waals surface area contributed by atoms with Crippen molar-refractivity contribution in [2.75, 3.05) is 0 Å². The number of thiazole rings is 1. The standard InChI is InChI=1S/C12H11N3S/c1-8-12(16-9(2)14-8)10-3-4-11-13-5-6-15(11)7-10/h3-7H,1-2H3. The van der Waals surface area contributed by atoms with E-state index in [1.807, 2.05) is 29.8 Å². The molecule has 0 radical (unpaired) electrons. The molecule has 0 aromatic carbocycles. The van der Waals surface area contributed by atoms with Gasteiger partial charge in [-0.25, -0.2) is 9.97 Å². The van der Waals surface area contributed by atoms with Gasteiger partial charge in [-0.1, -0.05) is 0 Å². The molecule has 3 rings (SSSR count). The van der Waals surface area contributed by atoms with Gasteiger partial charge in [-0.3, -0.25) is 0 Å². The molecule has 80 valence electrons. The minimum atomic E-state index is 0.975. The van der Waals surface area contributed by atoms with Crippen LogP contribution in [0.4, 0.5) is 0 Å². The van der Waals surface area contributed by atoms with Crippen LogP contribution in [0.15, 0.2) is 30.7 Å². The first-order valence-electron chi connectivity index (χ1n) is 5.11. The van der Waals surface area contributed by atoms with Crippen LogP contribution in [-0.2, 0) is 0 Å². The van der Waals surface area contributed by atoms with Crippen molar-refractivity contribution in [3.63, 3.8) is 0 Å². The highest BCUT2D eigenvalue weighted by Gasteiger charge is 2.07. The van der Waals surface area contributed by atoms with Gasteiger partial charge in [0.05, 0.1) is 15.6 Å². The average Bonchev–Trinajstić information content (AvgIpc) is 2.83. The van der Waals surface area contributed by atoms with Gasteiger partial charge >= 0.3 is 0 Å². The van der Waals surface area contributed by atoms with Crippen molar-refractivity contribution in [2.45, 2.75) is 13.8 Å². The molecule has 0 atom stereocenters. The van der Waals surface area contributed by atoms with Crippen LogP contribution in [0.1, 0.15) is 10.7 Å². The van der Waals surface area contributed by atoms with Crippen LogP contribution in [0.5, 0.6) is 0 Å². The highest BCUT2D eigenvalue weighted by molar-refractivity contribution is 7.15. The van der Waals surface area contributed by atoms with Crippen LogP contribution in [0.2, 0.25) is 0 Å². The molecule has 0 aliphatic heterocycles. The quantitative estimate of drug-likeness (QED) is 0.642. The number of imidazole rings is 1. The number of hydrogen-bond acceptors (Lipinski definition) is 3. The summed E-state index contributed by atoms with van der Waals surface area (Å²) in [6.07, 6.45) is 5.87. The normalized spacial score (nSPS) is 11.1. The molecule has 0 spiro atoms. The number of aryl methyl sites for hydroxylation is 2. The predicted molar refractivity (Wildman–Crippen MR) is 65.8 cm³/mol. The van der Waals surface area contributed by atoms with E-state index in [2.05, 4.69) is 29.2 Å². The molecule has 0 aliphatic rings. The number of rotatable bonds is 1. The number of pyridine rings is 1. The Kier molecular flexibility index (Phi) is 2.04. The fourth-order valence-corrected chi connectivity index (χ4v) is 2.76. The average molecular weight is 229 g/mol. The Balaban J connectivity index is 2.21. The van der Waals surface area contributed by atoms with Gasteiger partial charge in [0, 0.05) is 24.2 Å². The van der Waals surface area contributed by atoms with Crippen molar-refractivity contribution in [3.8, 4) is 10.4 Å². The predicted octanol–water partition coefficient (Wildman–Crippen LogP) is 3.07. The van der Waals surface area contributed by atoms with E-state index in [0.717, 1.165) is 16.3 Å². The van der Waals surface area contributed by atoms with Crippen LogP contribution in [0.25, 0.3) is 16.1 Å². The van der Waals surface area contributed by atoms with Gasteiger partial charge in [-0.05, 0) is 26.0 Å². The summed E-state index contributed by atoms with van der Waals surface area (Å²) in [5, 5.41) is 1.11. The molecular formula is C12H11N3S. The SMILES string of the molecule is Cc1nc(C)c(-c2ccc3nccn3c2)s1. The van der Waals surface area contributed by atoms with E-state index in [-0.39, 0.29) is 0 Å². The van der Waals surface area contributed by atoms with Gasteiger partial charge in [0.2, 0.25) is 0 Å². The van der Waals surface area contributed by atoms with E-state index in [9.17, 15) is 0 Å². The fourth-order valence-electron chi connectivity index (χ4n) is 1.85. The molecule has 0 N–H and O–H groups in total. The molecule has 0 aliphatic carbocycles. The Morgan fingerprint density at radius 2 is 2.12 bits per heavy atom. The third-order valence-electron chi connectivity index (χ3n) is 2.55. The Morgan fingerprint density at radius 3 is 2.88 bits per heavy atom. The van der Waals surface area contributed by atoms with Crippen LogP contribution in [-0.4, -0.2) is 14.4 Å². The van der Waals surface area contributed by atoms with Gasteiger partial charge in [0.15, 0.2) is 0 Å². The van der Waals surface area contributed by atoms with E-state index < -0.39 is 0 Å².